The number of likely N-dealkylation sites (N-methyl/N-ethyl adjacent to an activating group) is 3. The molecule has 0 amide bonds. The molecule has 14 atom stereocenters. The van der Waals surface area contributed by atoms with Crippen molar-refractivity contribution in [2.45, 2.75) is 142 Å². The molecule has 3 saturated heterocycles. The lowest BCUT2D eigenvalue weighted by molar-refractivity contribution is -0.138. The van der Waals surface area contributed by atoms with Gasteiger partial charge in [-0.15, -0.1) is 0 Å². The minimum absolute atomic E-state index is 0.00625. The van der Waals surface area contributed by atoms with Crippen molar-refractivity contribution in [3.8, 4) is 34.5 Å². The molecule has 6 heterocycles. The van der Waals surface area contributed by atoms with Gasteiger partial charge in [0.05, 0.1) is 33.5 Å². The Morgan fingerprint density at radius 3 is 1.33 bits per heavy atom. The van der Waals surface area contributed by atoms with Crippen molar-refractivity contribution in [2.75, 3.05) is 62.1 Å². The number of carbonyl (C=O) groups excluding carboxylic acids is 1. The van der Waals surface area contributed by atoms with Crippen LogP contribution in [0.4, 0.5) is 0 Å². The molecule has 6 fully saturated rings. The van der Waals surface area contributed by atoms with Crippen molar-refractivity contribution in [1.82, 2.24) is 14.7 Å². The second-order valence-corrected chi connectivity index (χ2v) is 22.2. The molecule has 0 radical (unpaired) electrons. The monoisotopic (exact) mass is 901 g/mol. The van der Waals surface area contributed by atoms with Crippen LogP contribution in [0.15, 0.2) is 36.4 Å². The Labute approximate surface area is 388 Å². The normalized spacial score (nSPS) is 40.7. The summed E-state index contributed by atoms with van der Waals surface area (Å²) < 4.78 is 35.6. The van der Waals surface area contributed by atoms with Crippen molar-refractivity contribution in [1.29, 1.82) is 0 Å². The maximum absolute atomic E-state index is 12.6. The molecule has 12 heteroatoms. The number of aliphatic hydroxyl groups excluding tert-OH is 2. The van der Waals surface area contributed by atoms with Crippen LogP contribution in [-0.4, -0.2) is 141 Å². The summed E-state index contributed by atoms with van der Waals surface area (Å²) in [5, 5.41) is 21.3. The first-order valence-corrected chi connectivity index (χ1v) is 25.1. The number of likely N-dealkylation sites (tertiary alicyclic amines) is 3. The SMILES string of the molecule is COc1ccc2c3c1O[C@@H]1C(=O)CCC4C(C2)N(C)CC[C@]341.COc1ccc2c3c1O[C@@H]1[C@@H](O)CCC4C(C2)N(C)CC[C@]341.COc1ccc2c3c1O[C@@H]1[C@H](O)CCC4C(C2)N(C)CC[C@]341. The van der Waals surface area contributed by atoms with Crippen LogP contribution in [0.3, 0.4) is 0 Å². The number of ether oxygens (including phenoxy) is 6. The maximum atomic E-state index is 12.6. The maximum Gasteiger partial charge on any atom is 0.174 e. The molecule has 12 nitrogen and oxygen atoms in total. The lowest BCUT2D eigenvalue weighted by atomic mass is 9.51. The third-order valence-electron chi connectivity index (χ3n) is 20.1. The largest absolute Gasteiger partial charge is 0.493 e. The molecule has 6 aliphatic carbocycles. The van der Waals surface area contributed by atoms with Crippen LogP contribution in [-0.2, 0) is 40.3 Å². The lowest BCUT2D eigenvalue weighted by Crippen LogP contribution is -2.66. The Morgan fingerprint density at radius 1 is 0.530 bits per heavy atom. The number of Topliss-reactive ketones (excluding diaryl/α,β-unsaturated/α-hetero) is 1. The zero-order chi connectivity index (χ0) is 45.2. The first-order chi connectivity index (χ1) is 32.0. The molecule has 6 aliphatic heterocycles. The predicted molar refractivity (Wildman–Crippen MR) is 247 cm³/mol. The fourth-order valence-electron chi connectivity index (χ4n) is 17.4. The number of carbonyl (C=O) groups is 1. The van der Waals surface area contributed by atoms with Gasteiger partial charge < -0.3 is 53.3 Å². The van der Waals surface area contributed by atoms with Crippen molar-refractivity contribution >= 4 is 5.78 Å². The Balaban J connectivity index is 0.0000000988. The van der Waals surface area contributed by atoms with E-state index < -0.39 is 0 Å². The summed E-state index contributed by atoms with van der Waals surface area (Å²) in [6, 6.07) is 14.4. The summed E-state index contributed by atoms with van der Waals surface area (Å²) in [5.74, 6) is 7.13. The first-order valence-electron chi connectivity index (χ1n) is 25.1. The fourth-order valence-corrected chi connectivity index (χ4v) is 17.4. The van der Waals surface area contributed by atoms with E-state index in [-0.39, 0.29) is 52.5 Å². The molecule has 3 spiro atoms. The highest BCUT2D eigenvalue weighted by Crippen LogP contribution is 2.66. The van der Waals surface area contributed by atoms with E-state index >= 15 is 0 Å². The quantitative estimate of drug-likeness (QED) is 0.351. The molecule has 3 aromatic rings. The Kier molecular flexibility index (Phi) is 9.38. The molecule has 66 heavy (non-hydrogen) atoms. The van der Waals surface area contributed by atoms with Crippen molar-refractivity contribution in [2.24, 2.45) is 17.8 Å². The van der Waals surface area contributed by atoms with E-state index in [4.69, 9.17) is 28.4 Å². The smallest absolute Gasteiger partial charge is 0.174 e. The summed E-state index contributed by atoms with van der Waals surface area (Å²) in [5.41, 5.74) is 8.12. The van der Waals surface area contributed by atoms with Crippen LogP contribution in [0.1, 0.15) is 91.2 Å². The molecule has 3 saturated carbocycles. The van der Waals surface area contributed by atoms with E-state index in [1.54, 1.807) is 21.3 Å². The lowest BCUT2D eigenvalue weighted by Gasteiger charge is -2.58. The molecule has 0 aromatic heterocycles. The van der Waals surface area contributed by atoms with Gasteiger partial charge in [0.2, 0.25) is 0 Å². The fraction of sp³-hybridized carbons (Fsp3) is 0.648. The Bertz CT molecular complexity index is 2400. The highest BCUT2D eigenvalue weighted by atomic mass is 16.5. The van der Waals surface area contributed by atoms with Gasteiger partial charge in [-0.05, 0) is 164 Å². The first kappa shape index (κ1) is 42.1. The number of nitrogens with zero attached hydrogens (tertiary/aromatic N) is 3. The molecule has 6 bridgehead atoms. The third-order valence-corrected chi connectivity index (χ3v) is 20.1. The van der Waals surface area contributed by atoms with Gasteiger partial charge in [0.25, 0.3) is 0 Å². The van der Waals surface area contributed by atoms with E-state index in [0.717, 1.165) is 125 Å². The van der Waals surface area contributed by atoms with Gasteiger partial charge in [0, 0.05) is 57.5 Å². The summed E-state index contributed by atoms with van der Waals surface area (Å²) in [4.78, 5) is 20.2. The molecular weight excluding hydrogens is 835 g/mol. The van der Waals surface area contributed by atoms with Gasteiger partial charge in [-0.2, -0.15) is 0 Å². The van der Waals surface area contributed by atoms with Gasteiger partial charge in [0.1, 0.15) is 12.2 Å². The zero-order valence-electron chi connectivity index (χ0n) is 39.5. The number of hydrogen-bond donors (Lipinski definition) is 2. The molecular formula is C54H67N3O9. The predicted octanol–water partition coefficient (Wildman–Crippen LogP) is 5.38. The number of aliphatic hydroxyl groups is 2. The standard InChI is InChI=1S/2C18H23NO3.C18H21NO3/c3*1-19-8-7-18-11-4-5-13(20)17(18)22-16-14(21-2)6-3-10(15(16)18)9-12(11)19/h2*3,6,11-13,17,20H,4-5,7-9H2,1-2H3;3,6,11-12,17H,4-5,7-9H2,1-2H3/t11?,12?,13-,17+,18+;11?,12?,13-,17-,18-;11?,12?,17-,18-/m011/s1. The molecule has 6 unspecified atom stereocenters. The van der Waals surface area contributed by atoms with Crippen LogP contribution in [0, 0.1) is 17.8 Å². The highest BCUT2D eigenvalue weighted by Gasteiger charge is 2.68. The average Bonchev–Trinajstić information content (AvgIpc) is 4.00. The summed E-state index contributed by atoms with van der Waals surface area (Å²) >= 11 is 0. The van der Waals surface area contributed by atoms with Gasteiger partial charge in [0.15, 0.2) is 46.4 Å². The van der Waals surface area contributed by atoms with Gasteiger partial charge in [-0.25, -0.2) is 0 Å². The van der Waals surface area contributed by atoms with Crippen molar-refractivity contribution < 1.29 is 43.4 Å². The zero-order valence-corrected chi connectivity index (χ0v) is 39.5. The number of rotatable bonds is 3. The van der Waals surface area contributed by atoms with Crippen molar-refractivity contribution in [3.63, 3.8) is 0 Å². The van der Waals surface area contributed by atoms with Crippen LogP contribution in [0.2, 0.25) is 0 Å². The minimum atomic E-state index is -0.358. The summed E-state index contributed by atoms with van der Waals surface area (Å²) in [6.45, 7) is 3.22. The number of ketones is 1. The number of hydrogen-bond acceptors (Lipinski definition) is 12. The molecule has 12 aliphatic rings. The van der Waals surface area contributed by atoms with E-state index in [0.29, 0.717) is 42.3 Å². The molecule has 352 valence electrons. The average molecular weight is 902 g/mol. The summed E-state index contributed by atoms with van der Waals surface area (Å²) in [7, 11) is 11.8. The van der Waals surface area contributed by atoms with Crippen LogP contribution >= 0.6 is 0 Å². The second kappa shape index (κ2) is 14.7. The molecule has 3 aromatic carbocycles. The topological polar surface area (TPSA) is 123 Å². The van der Waals surface area contributed by atoms with Crippen LogP contribution in [0.5, 0.6) is 34.5 Å². The van der Waals surface area contributed by atoms with Gasteiger partial charge >= 0.3 is 0 Å². The van der Waals surface area contributed by atoms with Gasteiger partial charge in [-0.1, -0.05) is 18.2 Å². The van der Waals surface area contributed by atoms with Crippen LogP contribution in [0.25, 0.3) is 0 Å². The van der Waals surface area contributed by atoms with Gasteiger partial charge in [-0.3, -0.25) is 4.79 Å². The second-order valence-electron chi connectivity index (χ2n) is 22.2. The Morgan fingerprint density at radius 2 is 0.909 bits per heavy atom. The molecule has 2 N–H and O–H groups in total. The molecule has 15 rings (SSSR count). The van der Waals surface area contributed by atoms with Crippen molar-refractivity contribution in [3.05, 3.63) is 69.8 Å². The number of piperidine rings is 3. The van der Waals surface area contributed by atoms with E-state index in [2.05, 4.69) is 54.0 Å². The van der Waals surface area contributed by atoms with E-state index in [1.165, 1.54) is 33.4 Å². The third kappa shape index (κ3) is 5.21. The van der Waals surface area contributed by atoms with E-state index in [1.807, 2.05) is 18.2 Å². The highest BCUT2D eigenvalue weighted by molar-refractivity contribution is 5.89. The van der Waals surface area contributed by atoms with E-state index in [9.17, 15) is 15.0 Å². The minimum Gasteiger partial charge on any atom is -0.493 e. The number of benzene rings is 3. The number of methoxy groups -OCH3 is 3. The summed E-state index contributed by atoms with van der Waals surface area (Å²) in [6.07, 6.45) is 10.9. The Hall–Kier alpha value is -4.07. The van der Waals surface area contributed by atoms with Crippen LogP contribution < -0.4 is 28.4 Å².